The van der Waals surface area contributed by atoms with Gasteiger partial charge in [0.25, 0.3) is 5.88 Å². The van der Waals surface area contributed by atoms with Crippen LogP contribution in [0.25, 0.3) is 0 Å². The summed E-state index contributed by atoms with van der Waals surface area (Å²) in [4.78, 5) is 10.7. The zero-order valence-electron chi connectivity index (χ0n) is 9.59. The summed E-state index contributed by atoms with van der Waals surface area (Å²) in [6, 6.07) is 0.237. The summed E-state index contributed by atoms with van der Waals surface area (Å²) in [6.07, 6.45) is 5.32. The molecule has 0 saturated carbocycles. The van der Waals surface area contributed by atoms with Gasteiger partial charge in [0.05, 0.1) is 6.61 Å². The van der Waals surface area contributed by atoms with E-state index in [0.29, 0.717) is 12.5 Å². The average Bonchev–Trinajstić information content (AvgIpc) is 2.73. The van der Waals surface area contributed by atoms with Crippen molar-refractivity contribution in [1.82, 2.24) is 9.97 Å². The number of nitrogens with two attached hydrogens (primary N) is 1. The molecule has 0 radical (unpaired) electrons. The van der Waals surface area contributed by atoms with Gasteiger partial charge in [-0.25, -0.2) is 9.97 Å². The van der Waals surface area contributed by atoms with Gasteiger partial charge in [-0.05, 0) is 12.8 Å². The first-order valence-electron chi connectivity index (χ1n) is 5.75. The fourth-order valence-electron chi connectivity index (χ4n) is 1.82. The fraction of sp³-hybridized carbons (Fsp3) is 0.636. The Hall–Kier alpha value is -1.36. The van der Waals surface area contributed by atoms with Gasteiger partial charge in [-0.1, -0.05) is 6.92 Å². The van der Waals surface area contributed by atoms with Gasteiger partial charge >= 0.3 is 0 Å². The third-order valence-electron chi connectivity index (χ3n) is 2.61. The molecule has 0 amide bonds. The maximum atomic E-state index is 5.88. The minimum atomic E-state index is 0.237. The molecule has 0 aliphatic carbocycles. The lowest BCUT2D eigenvalue weighted by Gasteiger charge is -2.18. The van der Waals surface area contributed by atoms with Crippen LogP contribution < -0.4 is 15.4 Å². The van der Waals surface area contributed by atoms with Crippen LogP contribution >= 0.6 is 0 Å². The van der Waals surface area contributed by atoms with Crippen LogP contribution in [0.4, 0.5) is 5.82 Å². The van der Waals surface area contributed by atoms with Crippen LogP contribution in [0.15, 0.2) is 12.4 Å². The highest BCUT2D eigenvalue weighted by Crippen LogP contribution is 2.25. The quantitative estimate of drug-likeness (QED) is 0.816. The smallest absolute Gasteiger partial charge is 0.257 e. The molecule has 1 aliphatic heterocycles. The molecule has 1 atom stereocenters. The monoisotopic (exact) mass is 222 g/mol. The highest BCUT2D eigenvalue weighted by Gasteiger charge is 2.23. The van der Waals surface area contributed by atoms with Crippen LogP contribution in [0.2, 0.25) is 0 Å². The Morgan fingerprint density at radius 1 is 1.50 bits per heavy atom. The standard InChI is InChI=1S/C11H18N4O/c1-2-7-16-11-10(13-4-5-14-11)15-6-3-9(12)8-15/h4-5,9H,2-3,6-8,12H2,1H3/t9-/m1/s1. The first kappa shape index (κ1) is 11.1. The molecular formula is C11H18N4O. The lowest BCUT2D eigenvalue weighted by atomic mass is 10.3. The van der Waals surface area contributed by atoms with Crippen LogP contribution in [0.1, 0.15) is 19.8 Å². The number of ether oxygens (including phenoxy) is 1. The van der Waals surface area contributed by atoms with Crippen molar-refractivity contribution in [2.45, 2.75) is 25.8 Å². The number of rotatable bonds is 4. The molecule has 16 heavy (non-hydrogen) atoms. The first-order chi connectivity index (χ1) is 7.81. The third kappa shape index (κ3) is 2.41. The Bertz CT molecular complexity index is 345. The highest BCUT2D eigenvalue weighted by molar-refractivity contribution is 5.48. The van der Waals surface area contributed by atoms with Gasteiger partial charge in [-0.2, -0.15) is 0 Å². The van der Waals surface area contributed by atoms with Crippen molar-refractivity contribution in [1.29, 1.82) is 0 Å². The van der Waals surface area contributed by atoms with E-state index >= 15 is 0 Å². The summed E-state index contributed by atoms with van der Waals surface area (Å²) >= 11 is 0. The first-order valence-corrected chi connectivity index (χ1v) is 5.75. The van der Waals surface area contributed by atoms with E-state index in [1.807, 2.05) is 0 Å². The van der Waals surface area contributed by atoms with E-state index in [-0.39, 0.29) is 6.04 Å². The van der Waals surface area contributed by atoms with E-state index in [1.165, 1.54) is 0 Å². The Balaban J connectivity index is 2.12. The van der Waals surface area contributed by atoms with E-state index in [4.69, 9.17) is 10.5 Å². The van der Waals surface area contributed by atoms with Crippen LogP contribution in [0.5, 0.6) is 5.88 Å². The predicted octanol–water partition coefficient (Wildman–Crippen LogP) is 0.803. The van der Waals surface area contributed by atoms with Crippen LogP contribution in [0.3, 0.4) is 0 Å². The normalized spacial score (nSPS) is 20.1. The zero-order chi connectivity index (χ0) is 11.4. The molecule has 0 bridgehead atoms. The molecule has 88 valence electrons. The molecule has 1 saturated heterocycles. The van der Waals surface area contributed by atoms with Crippen molar-refractivity contribution in [3.05, 3.63) is 12.4 Å². The summed E-state index contributed by atoms with van der Waals surface area (Å²) in [5.74, 6) is 1.45. The number of hydrogen-bond donors (Lipinski definition) is 1. The van der Waals surface area contributed by atoms with Gasteiger partial charge in [0.15, 0.2) is 5.82 Å². The molecule has 5 nitrogen and oxygen atoms in total. The Morgan fingerprint density at radius 3 is 3.00 bits per heavy atom. The lowest BCUT2D eigenvalue weighted by Crippen LogP contribution is -2.27. The molecule has 1 aromatic heterocycles. The maximum Gasteiger partial charge on any atom is 0.257 e. The SMILES string of the molecule is CCCOc1nccnc1N1CC[C@@H](N)C1. The summed E-state index contributed by atoms with van der Waals surface area (Å²) in [5.41, 5.74) is 5.88. The maximum absolute atomic E-state index is 5.88. The second-order valence-corrected chi connectivity index (χ2v) is 4.03. The molecule has 1 aliphatic rings. The van der Waals surface area contributed by atoms with E-state index in [0.717, 1.165) is 31.7 Å². The molecule has 0 aromatic carbocycles. The molecule has 0 unspecified atom stereocenters. The lowest BCUT2D eigenvalue weighted by molar-refractivity contribution is 0.304. The third-order valence-corrected chi connectivity index (χ3v) is 2.61. The van der Waals surface area contributed by atoms with Crippen LogP contribution in [-0.2, 0) is 0 Å². The van der Waals surface area contributed by atoms with Gasteiger partial charge in [-0.15, -0.1) is 0 Å². The Morgan fingerprint density at radius 2 is 2.31 bits per heavy atom. The van der Waals surface area contributed by atoms with E-state index < -0.39 is 0 Å². The van der Waals surface area contributed by atoms with E-state index in [1.54, 1.807) is 12.4 Å². The molecule has 2 heterocycles. The molecule has 0 spiro atoms. The van der Waals surface area contributed by atoms with Crippen molar-refractivity contribution in [2.75, 3.05) is 24.6 Å². The van der Waals surface area contributed by atoms with E-state index in [2.05, 4.69) is 21.8 Å². The molecular weight excluding hydrogens is 204 g/mol. The van der Waals surface area contributed by atoms with Gasteiger partial charge in [0.1, 0.15) is 0 Å². The number of nitrogens with zero attached hydrogens (tertiary/aromatic N) is 3. The highest BCUT2D eigenvalue weighted by atomic mass is 16.5. The predicted molar refractivity (Wildman–Crippen MR) is 62.6 cm³/mol. The van der Waals surface area contributed by atoms with Gasteiger partial charge in [0.2, 0.25) is 0 Å². The van der Waals surface area contributed by atoms with Gasteiger partial charge in [-0.3, -0.25) is 0 Å². The Labute approximate surface area is 95.6 Å². The summed E-state index contributed by atoms with van der Waals surface area (Å²) in [7, 11) is 0. The molecule has 1 fully saturated rings. The minimum absolute atomic E-state index is 0.237. The number of anilines is 1. The van der Waals surface area contributed by atoms with Gasteiger partial charge < -0.3 is 15.4 Å². The second-order valence-electron chi connectivity index (χ2n) is 4.03. The van der Waals surface area contributed by atoms with Crippen molar-refractivity contribution >= 4 is 5.82 Å². The Kier molecular flexibility index (Phi) is 3.56. The minimum Gasteiger partial charge on any atom is -0.475 e. The largest absolute Gasteiger partial charge is 0.475 e. The topological polar surface area (TPSA) is 64.3 Å². The van der Waals surface area contributed by atoms with Crippen molar-refractivity contribution in [2.24, 2.45) is 5.73 Å². The summed E-state index contributed by atoms with van der Waals surface area (Å²) < 4.78 is 5.58. The molecule has 2 N–H and O–H groups in total. The molecule has 5 heteroatoms. The van der Waals surface area contributed by atoms with Crippen molar-refractivity contribution in [3.63, 3.8) is 0 Å². The van der Waals surface area contributed by atoms with Crippen molar-refractivity contribution < 1.29 is 4.74 Å². The number of aromatic nitrogens is 2. The van der Waals surface area contributed by atoms with E-state index in [9.17, 15) is 0 Å². The van der Waals surface area contributed by atoms with Crippen molar-refractivity contribution in [3.8, 4) is 5.88 Å². The van der Waals surface area contributed by atoms with Crippen LogP contribution in [-0.4, -0.2) is 35.7 Å². The van der Waals surface area contributed by atoms with Gasteiger partial charge in [0, 0.05) is 31.5 Å². The fourth-order valence-corrected chi connectivity index (χ4v) is 1.82. The summed E-state index contributed by atoms with van der Waals surface area (Å²) in [5, 5.41) is 0. The average molecular weight is 222 g/mol. The zero-order valence-corrected chi connectivity index (χ0v) is 9.59. The number of hydrogen-bond acceptors (Lipinski definition) is 5. The molecule has 1 aromatic rings. The molecule has 2 rings (SSSR count). The second kappa shape index (κ2) is 5.12. The van der Waals surface area contributed by atoms with Crippen LogP contribution in [0, 0.1) is 0 Å². The summed E-state index contributed by atoms with van der Waals surface area (Å²) in [6.45, 7) is 4.51.